The Kier molecular flexibility index (Phi) is 3.30. The van der Waals surface area contributed by atoms with Crippen LogP contribution < -0.4 is 5.73 Å². The highest BCUT2D eigenvalue weighted by Gasteiger charge is 2.15. The Morgan fingerprint density at radius 2 is 2.06 bits per heavy atom. The van der Waals surface area contributed by atoms with E-state index in [-0.39, 0.29) is 5.41 Å². The van der Waals surface area contributed by atoms with Gasteiger partial charge in [0.2, 0.25) is 5.89 Å². The second kappa shape index (κ2) is 4.61. The Balaban J connectivity index is 2.12. The molecule has 2 rings (SSSR count). The Hall–Kier alpha value is -1.55. The van der Waals surface area contributed by atoms with Gasteiger partial charge in [0.25, 0.3) is 0 Å². The molecule has 0 atom stereocenters. The molecule has 2 aromatic rings. The summed E-state index contributed by atoms with van der Waals surface area (Å²) >= 11 is 0. The van der Waals surface area contributed by atoms with Crippen molar-refractivity contribution in [2.75, 3.05) is 19.3 Å². The SMILES string of the molecule is CN(Cc1nc2cc(N)ccc2o1)CC(C)(C)C. The van der Waals surface area contributed by atoms with Crippen LogP contribution >= 0.6 is 0 Å². The number of nitrogens with two attached hydrogens (primary N) is 1. The maximum absolute atomic E-state index is 5.73. The fourth-order valence-corrected chi connectivity index (χ4v) is 2.16. The smallest absolute Gasteiger partial charge is 0.209 e. The van der Waals surface area contributed by atoms with Gasteiger partial charge in [-0.3, -0.25) is 4.90 Å². The summed E-state index contributed by atoms with van der Waals surface area (Å²) in [6.07, 6.45) is 0. The molecule has 0 saturated carbocycles. The number of nitrogens with zero attached hydrogens (tertiary/aromatic N) is 2. The number of aromatic nitrogens is 1. The van der Waals surface area contributed by atoms with E-state index in [4.69, 9.17) is 10.2 Å². The number of rotatable bonds is 3. The van der Waals surface area contributed by atoms with E-state index in [2.05, 4.69) is 37.7 Å². The number of hydrogen-bond donors (Lipinski definition) is 1. The molecular formula is C14H21N3O. The van der Waals surface area contributed by atoms with Crippen molar-refractivity contribution in [3.8, 4) is 0 Å². The summed E-state index contributed by atoms with van der Waals surface area (Å²) in [6.45, 7) is 8.36. The van der Waals surface area contributed by atoms with Gasteiger partial charge < -0.3 is 10.2 Å². The van der Waals surface area contributed by atoms with Crippen LogP contribution in [0.1, 0.15) is 26.7 Å². The third-order valence-corrected chi connectivity index (χ3v) is 2.61. The van der Waals surface area contributed by atoms with Crippen molar-refractivity contribution in [1.29, 1.82) is 0 Å². The number of nitrogen functional groups attached to an aromatic ring is 1. The van der Waals surface area contributed by atoms with Gasteiger partial charge in [0.1, 0.15) is 5.52 Å². The second-order valence-electron chi connectivity index (χ2n) is 6.07. The van der Waals surface area contributed by atoms with Gasteiger partial charge in [-0.15, -0.1) is 0 Å². The van der Waals surface area contributed by atoms with Crippen molar-refractivity contribution in [2.24, 2.45) is 5.41 Å². The molecular weight excluding hydrogens is 226 g/mol. The molecule has 0 fully saturated rings. The molecule has 98 valence electrons. The van der Waals surface area contributed by atoms with Gasteiger partial charge in [-0.05, 0) is 30.7 Å². The monoisotopic (exact) mass is 247 g/mol. The average Bonchev–Trinajstić information content (AvgIpc) is 2.55. The zero-order valence-corrected chi connectivity index (χ0v) is 11.5. The molecule has 4 heteroatoms. The minimum absolute atomic E-state index is 0.269. The first-order valence-electron chi connectivity index (χ1n) is 6.17. The van der Waals surface area contributed by atoms with E-state index in [1.807, 2.05) is 18.2 Å². The zero-order chi connectivity index (χ0) is 13.3. The summed E-state index contributed by atoms with van der Waals surface area (Å²) in [6, 6.07) is 5.53. The van der Waals surface area contributed by atoms with Gasteiger partial charge in [-0.25, -0.2) is 4.98 Å². The molecule has 0 amide bonds. The maximum atomic E-state index is 5.73. The topological polar surface area (TPSA) is 55.3 Å². The molecule has 0 aliphatic heterocycles. The minimum atomic E-state index is 0.269. The first-order valence-corrected chi connectivity index (χ1v) is 6.17. The Morgan fingerprint density at radius 1 is 1.33 bits per heavy atom. The largest absolute Gasteiger partial charge is 0.439 e. The van der Waals surface area contributed by atoms with Crippen molar-refractivity contribution in [1.82, 2.24) is 9.88 Å². The molecule has 0 aliphatic rings. The molecule has 2 N–H and O–H groups in total. The number of benzene rings is 1. The lowest BCUT2D eigenvalue weighted by Gasteiger charge is -2.25. The molecule has 0 aliphatic carbocycles. The summed E-state index contributed by atoms with van der Waals surface area (Å²) in [7, 11) is 2.08. The van der Waals surface area contributed by atoms with E-state index in [0.29, 0.717) is 12.2 Å². The molecule has 1 aromatic carbocycles. The molecule has 0 unspecified atom stereocenters. The summed E-state index contributed by atoms with van der Waals surface area (Å²) in [5.41, 5.74) is 8.33. The van der Waals surface area contributed by atoms with Crippen LogP contribution in [0.5, 0.6) is 0 Å². The standard InChI is InChI=1S/C14H21N3O/c1-14(2,3)9-17(4)8-13-16-11-7-10(15)5-6-12(11)18-13/h5-7H,8-9,15H2,1-4H3. The van der Waals surface area contributed by atoms with Crippen LogP contribution in [0.15, 0.2) is 22.6 Å². The molecule has 0 spiro atoms. The van der Waals surface area contributed by atoms with Crippen LogP contribution in [0.4, 0.5) is 5.69 Å². The van der Waals surface area contributed by atoms with Gasteiger partial charge in [-0.1, -0.05) is 20.8 Å². The van der Waals surface area contributed by atoms with E-state index in [9.17, 15) is 0 Å². The quantitative estimate of drug-likeness (QED) is 0.847. The highest BCUT2D eigenvalue weighted by Crippen LogP contribution is 2.20. The molecule has 1 aromatic heterocycles. The van der Waals surface area contributed by atoms with Crippen molar-refractivity contribution in [3.63, 3.8) is 0 Å². The lowest BCUT2D eigenvalue weighted by molar-refractivity contribution is 0.206. The van der Waals surface area contributed by atoms with E-state index in [1.54, 1.807) is 0 Å². The van der Waals surface area contributed by atoms with Gasteiger partial charge in [0.15, 0.2) is 5.58 Å². The molecule has 18 heavy (non-hydrogen) atoms. The van der Waals surface area contributed by atoms with Gasteiger partial charge >= 0.3 is 0 Å². The van der Waals surface area contributed by atoms with Crippen molar-refractivity contribution in [3.05, 3.63) is 24.1 Å². The fourth-order valence-electron chi connectivity index (χ4n) is 2.16. The van der Waals surface area contributed by atoms with Gasteiger partial charge in [0.05, 0.1) is 6.54 Å². The van der Waals surface area contributed by atoms with Crippen molar-refractivity contribution >= 4 is 16.8 Å². The lowest BCUT2D eigenvalue weighted by Crippen LogP contribution is -2.28. The molecule has 0 saturated heterocycles. The number of oxazole rings is 1. The minimum Gasteiger partial charge on any atom is -0.439 e. The second-order valence-corrected chi connectivity index (χ2v) is 6.07. The summed E-state index contributed by atoms with van der Waals surface area (Å²) < 4.78 is 5.70. The molecule has 4 nitrogen and oxygen atoms in total. The fraction of sp³-hybridized carbons (Fsp3) is 0.500. The number of fused-ring (bicyclic) bond motifs is 1. The number of hydrogen-bond acceptors (Lipinski definition) is 4. The van der Waals surface area contributed by atoms with Crippen LogP contribution in [-0.4, -0.2) is 23.5 Å². The average molecular weight is 247 g/mol. The van der Waals surface area contributed by atoms with Gasteiger partial charge in [0, 0.05) is 12.2 Å². The maximum Gasteiger partial charge on any atom is 0.209 e. The molecule has 0 bridgehead atoms. The summed E-state index contributed by atoms with van der Waals surface area (Å²) in [5, 5.41) is 0. The van der Waals surface area contributed by atoms with E-state index in [0.717, 1.165) is 23.5 Å². The van der Waals surface area contributed by atoms with E-state index >= 15 is 0 Å². The van der Waals surface area contributed by atoms with Crippen molar-refractivity contribution in [2.45, 2.75) is 27.3 Å². The third kappa shape index (κ3) is 3.23. The van der Waals surface area contributed by atoms with Gasteiger partial charge in [-0.2, -0.15) is 0 Å². The highest BCUT2D eigenvalue weighted by molar-refractivity contribution is 5.76. The normalized spacial score (nSPS) is 12.5. The predicted molar refractivity (Wildman–Crippen MR) is 74.2 cm³/mol. The summed E-state index contributed by atoms with van der Waals surface area (Å²) in [5.74, 6) is 0.738. The lowest BCUT2D eigenvalue weighted by atomic mass is 9.96. The van der Waals surface area contributed by atoms with Crippen LogP contribution in [0.25, 0.3) is 11.1 Å². The summed E-state index contributed by atoms with van der Waals surface area (Å²) in [4.78, 5) is 6.67. The first-order chi connectivity index (χ1) is 8.33. The van der Waals surface area contributed by atoms with Crippen LogP contribution in [-0.2, 0) is 6.54 Å². The van der Waals surface area contributed by atoms with Crippen LogP contribution in [0.3, 0.4) is 0 Å². The van der Waals surface area contributed by atoms with Crippen LogP contribution in [0, 0.1) is 5.41 Å². The van der Waals surface area contributed by atoms with Crippen molar-refractivity contribution < 1.29 is 4.42 Å². The van der Waals surface area contributed by atoms with Crippen LogP contribution in [0.2, 0.25) is 0 Å². The third-order valence-electron chi connectivity index (χ3n) is 2.61. The predicted octanol–water partition coefficient (Wildman–Crippen LogP) is 2.89. The number of anilines is 1. The Bertz CT molecular complexity index is 539. The zero-order valence-electron chi connectivity index (χ0n) is 11.5. The Morgan fingerprint density at radius 3 is 2.72 bits per heavy atom. The Labute approximate surface area is 108 Å². The molecule has 0 radical (unpaired) electrons. The van der Waals surface area contributed by atoms with E-state index < -0.39 is 0 Å². The first kappa shape index (κ1) is 12.9. The highest BCUT2D eigenvalue weighted by atomic mass is 16.3. The molecule has 1 heterocycles. The van der Waals surface area contributed by atoms with E-state index in [1.165, 1.54) is 0 Å².